The number of carbonyl (C=O) groups excluding carboxylic acids is 2. The Morgan fingerprint density at radius 2 is 1.74 bits per heavy atom. The van der Waals surface area contributed by atoms with Gasteiger partial charge in [-0.1, -0.05) is 68.4 Å². The average molecular weight is 512 g/mol. The second-order valence-corrected chi connectivity index (χ2v) is 9.90. The first kappa shape index (κ1) is 26.8. The van der Waals surface area contributed by atoms with Crippen LogP contribution in [0.25, 0.3) is 22.0 Å². The summed E-state index contributed by atoms with van der Waals surface area (Å²) in [6.07, 6.45) is 1.82. The molecule has 4 aromatic rings. The zero-order valence-corrected chi connectivity index (χ0v) is 22.2. The molecule has 0 spiro atoms. The van der Waals surface area contributed by atoms with Gasteiger partial charge in [0.05, 0.1) is 36.8 Å². The Labute approximate surface area is 222 Å². The third-order valence-corrected chi connectivity index (χ3v) is 6.68. The van der Waals surface area contributed by atoms with E-state index in [2.05, 4.69) is 10.3 Å². The van der Waals surface area contributed by atoms with Crippen LogP contribution in [0.2, 0.25) is 0 Å². The number of aromatic nitrogens is 2. The molecule has 4 rings (SSSR count). The number of carbonyl (C=O) groups is 2. The van der Waals surface area contributed by atoms with Crippen LogP contribution in [0, 0.1) is 12.8 Å². The van der Waals surface area contributed by atoms with E-state index in [0.29, 0.717) is 17.3 Å². The van der Waals surface area contributed by atoms with Gasteiger partial charge in [0, 0.05) is 0 Å². The van der Waals surface area contributed by atoms with Gasteiger partial charge in [-0.25, -0.2) is 4.98 Å². The zero-order chi connectivity index (χ0) is 27.2. The predicted octanol–water partition coefficient (Wildman–Crippen LogP) is 5.38. The number of hydrogen-bond donors (Lipinski definition) is 1. The van der Waals surface area contributed by atoms with Gasteiger partial charge in [0.2, 0.25) is 5.91 Å². The van der Waals surface area contributed by atoms with Gasteiger partial charge in [0.1, 0.15) is 6.04 Å². The Hall–Kier alpha value is -4.26. The van der Waals surface area contributed by atoms with Gasteiger partial charge >= 0.3 is 5.97 Å². The number of nitrogens with zero attached hydrogens (tertiary/aromatic N) is 2. The fourth-order valence-corrected chi connectivity index (χ4v) is 4.69. The molecule has 2 atom stereocenters. The van der Waals surface area contributed by atoms with Crippen molar-refractivity contribution in [3.8, 4) is 11.1 Å². The fraction of sp³-hybridized carbons (Fsp3) is 0.290. The van der Waals surface area contributed by atoms with Gasteiger partial charge in [-0.3, -0.25) is 19.0 Å². The number of nitrogens with one attached hydrogen (secondary N) is 1. The number of ether oxygens (including phenoxy) is 1. The second-order valence-electron chi connectivity index (χ2n) is 9.90. The summed E-state index contributed by atoms with van der Waals surface area (Å²) in [6, 6.07) is 21.5. The maximum Gasteiger partial charge on any atom is 0.307 e. The van der Waals surface area contributed by atoms with Crippen molar-refractivity contribution in [2.45, 2.75) is 45.7 Å². The standard InChI is InChI=1S/C31H33N3O4/c1-20(2)16-28(34-19-32-26-15-8-7-14-25(26)31(34)37)30(36)33-27(18-29(35)38-4)23-12-9-11-22(17-23)24-13-6-5-10-21(24)3/h5-15,17,19-20,27-28H,16,18H2,1-4H3,(H,33,36)/t27?,28-/m0/s1. The normalized spacial score (nSPS) is 12.8. The number of aryl methyl sites for hydroxylation is 1. The summed E-state index contributed by atoms with van der Waals surface area (Å²) < 4.78 is 6.34. The highest BCUT2D eigenvalue weighted by molar-refractivity contribution is 5.83. The Bertz CT molecular complexity index is 1510. The zero-order valence-electron chi connectivity index (χ0n) is 22.2. The number of methoxy groups -OCH3 is 1. The minimum atomic E-state index is -0.792. The third-order valence-electron chi connectivity index (χ3n) is 6.68. The lowest BCUT2D eigenvalue weighted by molar-refractivity contribution is -0.141. The Kier molecular flexibility index (Phi) is 8.36. The van der Waals surface area contributed by atoms with Crippen LogP contribution >= 0.6 is 0 Å². The van der Waals surface area contributed by atoms with E-state index in [9.17, 15) is 14.4 Å². The molecule has 196 valence electrons. The number of rotatable bonds is 9. The molecule has 0 aliphatic rings. The van der Waals surface area contributed by atoms with E-state index in [1.54, 1.807) is 18.2 Å². The van der Waals surface area contributed by atoms with Crippen molar-refractivity contribution < 1.29 is 14.3 Å². The van der Waals surface area contributed by atoms with Crippen molar-refractivity contribution in [3.63, 3.8) is 0 Å². The summed E-state index contributed by atoms with van der Waals surface area (Å²) in [5.41, 5.74) is 4.26. The van der Waals surface area contributed by atoms with E-state index in [4.69, 9.17) is 4.74 Å². The second kappa shape index (κ2) is 11.9. The minimum Gasteiger partial charge on any atom is -0.469 e. The van der Waals surface area contributed by atoms with E-state index in [1.807, 2.05) is 75.4 Å². The molecule has 0 aliphatic carbocycles. The molecule has 0 aliphatic heterocycles. The lowest BCUT2D eigenvalue weighted by atomic mass is 9.95. The first-order valence-electron chi connectivity index (χ1n) is 12.8. The highest BCUT2D eigenvalue weighted by Gasteiger charge is 2.28. The molecule has 7 heteroatoms. The van der Waals surface area contributed by atoms with Crippen LogP contribution in [0.4, 0.5) is 0 Å². The van der Waals surface area contributed by atoms with Crippen molar-refractivity contribution in [2.24, 2.45) is 5.92 Å². The molecule has 7 nitrogen and oxygen atoms in total. The van der Waals surface area contributed by atoms with Crippen LogP contribution in [0.3, 0.4) is 0 Å². The van der Waals surface area contributed by atoms with Crippen LogP contribution in [0.15, 0.2) is 83.9 Å². The van der Waals surface area contributed by atoms with Crippen LogP contribution in [-0.2, 0) is 14.3 Å². The Morgan fingerprint density at radius 1 is 1.00 bits per heavy atom. The Morgan fingerprint density at radius 3 is 2.47 bits per heavy atom. The summed E-state index contributed by atoms with van der Waals surface area (Å²) in [6.45, 7) is 6.04. The molecule has 1 aromatic heterocycles. The molecule has 1 N–H and O–H groups in total. The van der Waals surface area contributed by atoms with Crippen LogP contribution in [0.1, 0.15) is 49.9 Å². The van der Waals surface area contributed by atoms with E-state index in [1.165, 1.54) is 18.0 Å². The summed E-state index contributed by atoms with van der Waals surface area (Å²) in [5, 5.41) is 3.50. The maximum atomic E-state index is 13.8. The number of hydrogen-bond acceptors (Lipinski definition) is 5. The van der Waals surface area contributed by atoms with Gasteiger partial charge in [-0.05, 0) is 59.7 Å². The summed E-state index contributed by atoms with van der Waals surface area (Å²) >= 11 is 0. The van der Waals surface area contributed by atoms with Crippen molar-refractivity contribution in [1.29, 1.82) is 0 Å². The summed E-state index contributed by atoms with van der Waals surface area (Å²) in [7, 11) is 1.33. The van der Waals surface area contributed by atoms with Crippen molar-refractivity contribution in [1.82, 2.24) is 14.9 Å². The number of amides is 1. The lowest BCUT2D eigenvalue weighted by Gasteiger charge is -2.25. The van der Waals surface area contributed by atoms with Crippen LogP contribution in [-0.4, -0.2) is 28.5 Å². The average Bonchev–Trinajstić information content (AvgIpc) is 2.92. The molecule has 1 heterocycles. The molecular weight excluding hydrogens is 478 g/mol. The van der Waals surface area contributed by atoms with Crippen molar-refractivity contribution >= 4 is 22.8 Å². The van der Waals surface area contributed by atoms with E-state index < -0.39 is 18.1 Å². The van der Waals surface area contributed by atoms with Crippen LogP contribution < -0.4 is 10.9 Å². The minimum absolute atomic E-state index is 0.0429. The van der Waals surface area contributed by atoms with Gasteiger partial charge in [0.25, 0.3) is 5.56 Å². The van der Waals surface area contributed by atoms with E-state index >= 15 is 0 Å². The number of benzene rings is 3. The topological polar surface area (TPSA) is 90.3 Å². The fourth-order valence-electron chi connectivity index (χ4n) is 4.69. The molecule has 0 bridgehead atoms. The quantitative estimate of drug-likeness (QED) is 0.305. The largest absolute Gasteiger partial charge is 0.469 e. The summed E-state index contributed by atoms with van der Waals surface area (Å²) in [5.74, 6) is -0.665. The number of fused-ring (bicyclic) bond motifs is 1. The lowest BCUT2D eigenvalue weighted by Crippen LogP contribution is -2.40. The maximum absolute atomic E-state index is 13.8. The van der Waals surface area contributed by atoms with Gasteiger partial charge in [0.15, 0.2) is 0 Å². The highest BCUT2D eigenvalue weighted by Crippen LogP contribution is 2.28. The molecule has 0 saturated carbocycles. The first-order valence-corrected chi connectivity index (χ1v) is 12.8. The van der Waals surface area contributed by atoms with E-state index in [0.717, 1.165) is 22.3 Å². The van der Waals surface area contributed by atoms with Crippen molar-refractivity contribution in [2.75, 3.05) is 7.11 Å². The van der Waals surface area contributed by atoms with Gasteiger partial charge in [-0.2, -0.15) is 0 Å². The Balaban J connectivity index is 1.71. The number of para-hydroxylation sites is 1. The molecular formula is C31H33N3O4. The van der Waals surface area contributed by atoms with Gasteiger partial charge < -0.3 is 10.1 Å². The third kappa shape index (κ3) is 5.99. The molecule has 0 saturated heterocycles. The SMILES string of the molecule is COC(=O)CC(NC(=O)[C@H](CC(C)C)n1cnc2ccccc2c1=O)c1cccc(-c2ccccc2C)c1. The first-order chi connectivity index (χ1) is 18.3. The van der Waals surface area contributed by atoms with Crippen molar-refractivity contribution in [3.05, 3.63) is 101 Å². The van der Waals surface area contributed by atoms with E-state index in [-0.39, 0.29) is 23.8 Å². The molecule has 38 heavy (non-hydrogen) atoms. The van der Waals surface area contributed by atoms with Gasteiger partial charge in [-0.15, -0.1) is 0 Å². The highest BCUT2D eigenvalue weighted by atomic mass is 16.5. The summed E-state index contributed by atoms with van der Waals surface area (Å²) in [4.78, 5) is 43.9. The molecule has 1 unspecified atom stereocenters. The number of esters is 1. The molecule has 0 radical (unpaired) electrons. The smallest absolute Gasteiger partial charge is 0.307 e. The predicted molar refractivity (Wildman–Crippen MR) is 149 cm³/mol. The molecule has 0 fully saturated rings. The molecule has 3 aromatic carbocycles. The monoisotopic (exact) mass is 511 g/mol. The van der Waals surface area contributed by atoms with Crippen LogP contribution in [0.5, 0.6) is 0 Å². The molecule has 1 amide bonds.